The number of esters is 1. The molecule has 4 heteroatoms. The minimum Gasteiger partial charge on any atom is -0.457 e. The normalized spacial score (nSPS) is 12.0. The molecule has 0 saturated carbocycles. The fourth-order valence-electron chi connectivity index (χ4n) is 2.87. The van der Waals surface area contributed by atoms with Gasteiger partial charge in [-0.15, -0.1) is 0 Å². The minimum absolute atomic E-state index is 0.371. The van der Waals surface area contributed by atoms with E-state index in [9.17, 15) is 4.79 Å². The summed E-state index contributed by atoms with van der Waals surface area (Å²) in [6.07, 6.45) is 11.0. The van der Waals surface area contributed by atoms with Crippen LogP contribution in [0.15, 0.2) is 67.0 Å². The quantitative estimate of drug-likeness (QED) is 0.321. The molecule has 0 aliphatic rings. The van der Waals surface area contributed by atoms with Gasteiger partial charge < -0.3 is 4.74 Å². The van der Waals surface area contributed by atoms with Gasteiger partial charge in [0, 0.05) is 29.6 Å². The lowest BCUT2D eigenvalue weighted by atomic mass is 10.0. The van der Waals surface area contributed by atoms with Gasteiger partial charge in [0.1, 0.15) is 5.60 Å². The molecule has 0 aliphatic carbocycles. The highest BCUT2D eigenvalue weighted by Crippen LogP contribution is 2.23. The van der Waals surface area contributed by atoms with Crippen molar-refractivity contribution >= 4 is 24.2 Å². The van der Waals surface area contributed by atoms with Crippen LogP contribution in [0.3, 0.4) is 0 Å². The Kier molecular flexibility index (Phi) is 6.13. The van der Waals surface area contributed by atoms with Crippen molar-refractivity contribution in [3.63, 3.8) is 0 Å². The molecule has 3 aromatic rings. The summed E-state index contributed by atoms with van der Waals surface area (Å²) in [6.45, 7) is 7.63. The van der Waals surface area contributed by atoms with Crippen molar-refractivity contribution in [3.8, 4) is 5.69 Å². The van der Waals surface area contributed by atoms with Crippen LogP contribution in [0.2, 0.25) is 0 Å². The van der Waals surface area contributed by atoms with Crippen LogP contribution in [0.1, 0.15) is 43.0 Å². The van der Waals surface area contributed by atoms with Crippen LogP contribution in [0.25, 0.3) is 23.9 Å². The zero-order chi connectivity index (χ0) is 20.9. The number of carbonyl (C=O) groups excluding carboxylic acids is 1. The van der Waals surface area contributed by atoms with Crippen LogP contribution in [0.4, 0.5) is 0 Å². The highest BCUT2D eigenvalue weighted by Gasteiger charge is 2.14. The first-order valence-corrected chi connectivity index (χ1v) is 9.61. The Balaban J connectivity index is 1.96. The molecule has 148 valence electrons. The number of carbonyl (C=O) groups is 1. The fraction of sp³-hybridized carbons (Fsp3) is 0.200. The molecule has 0 fully saturated rings. The Bertz CT molecular complexity index is 1020. The third-order valence-corrected chi connectivity index (χ3v) is 4.17. The zero-order valence-electron chi connectivity index (χ0n) is 17.3. The van der Waals surface area contributed by atoms with Gasteiger partial charge >= 0.3 is 5.97 Å². The highest BCUT2D eigenvalue weighted by atomic mass is 16.6. The van der Waals surface area contributed by atoms with Gasteiger partial charge in [-0.05, 0) is 45.4 Å². The molecule has 0 atom stereocenters. The first-order valence-electron chi connectivity index (χ1n) is 9.61. The van der Waals surface area contributed by atoms with E-state index in [1.807, 2.05) is 55.9 Å². The molecule has 2 aromatic carbocycles. The summed E-state index contributed by atoms with van der Waals surface area (Å²) in [7, 11) is 0. The molecule has 1 aromatic heterocycles. The molecule has 0 spiro atoms. The van der Waals surface area contributed by atoms with Crippen LogP contribution in [0.5, 0.6) is 0 Å². The van der Waals surface area contributed by atoms with Crippen molar-refractivity contribution in [1.29, 1.82) is 0 Å². The number of aromatic nitrogens is 2. The van der Waals surface area contributed by atoms with Gasteiger partial charge in [-0.2, -0.15) is 5.10 Å². The fourth-order valence-corrected chi connectivity index (χ4v) is 2.87. The largest absolute Gasteiger partial charge is 0.457 e. The average Bonchev–Trinajstić information content (AvgIpc) is 3.19. The monoisotopic (exact) mass is 386 g/mol. The molecule has 3 rings (SSSR count). The van der Waals surface area contributed by atoms with E-state index in [4.69, 9.17) is 4.74 Å². The molecule has 4 nitrogen and oxygen atoms in total. The summed E-state index contributed by atoms with van der Waals surface area (Å²) < 4.78 is 7.18. The number of benzene rings is 2. The first kappa shape index (κ1) is 20.3. The topological polar surface area (TPSA) is 44.1 Å². The highest BCUT2D eigenvalue weighted by molar-refractivity contribution is 5.89. The summed E-state index contributed by atoms with van der Waals surface area (Å²) in [4.78, 5) is 12.1. The van der Waals surface area contributed by atoms with Gasteiger partial charge in [-0.3, -0.25) is 0 Å². The van der Waals surface area contributed by atoms with E-state index in [0.29, 0.717) is 0 Å². The predicted molar refractivity (Wildman–Crippen MR) is 119 cm³/mol. The number of para-hydroxylation sites is 1. The molecule has 0 amide bonds. The maximum Gasteiger partial charge on any atom is 0.331 e. The van der Waals surface area contributed by atoms with Crippen molar-refractivity contribution < 1.29 is 9.53 Å². The molecule has 0 radical (unpaired) electrons. The average molecular weight is 386 g/mol. The van der Waals surface area contributed by atoms with Gasteiger partial charge in [-0.1, -0.05) is 60.2 Å². The van der Waals surface area contributed by atoms with E-state index in [2.05, 4.69) is 48.4 Å². The van der Waals surface area contributed by atoms with Crippen molar-refractivity contribution in [3.05, 3.63) is 89.3 Å². The maximum absolute atomic E-state index is 12.1. The standard InChI is InChI=1S/C25H26N2O2/c1-19-9-11-20(12-10-19)13-14-21-7-5-8-22(24(21)27-18-6-17-26-27)15-16-23(28)29-25(2,3)4/h5-18H,1-4H3/b14-13+,16-15+. The first-order chi connectivity index (χ1) is 13.8. The summed E-state index contributed by atoms with van der Waals surface area (Å²) in [6, 6.07) is 16.2. The lowest BCUT2D eigenvalue weighted by molar-refractivity contribution is -0.148. The minimum atomic E-state index is -0.523. The molecule has 0 bridgehead atoms. The lowest BCUT2D eigenvalue weighted by Crippen LogP contribution is -2.22. The zero-order valence-corrected chi connectivity index (χ0v) is 17.3. The predicted octanol–water partition coefficient (Wildman–Crippen LogP) is 5.71. The van der Waals surface area contributed by atoms with E-state index in [-0.39, 0.29) is 5.97 Å². The third-order valence-electron chi connectivity index (χ3n) is 4.17. The molecule has 0 N–H and O–H groups in total. The molecular weight excluding hydrogens is 360 g/mol. The van der Waals surface area contributed by atoms with E-state index >= 15 is 0 Å². The van der Waals surface area contributed by atoms with Crippen LogP contribution in [0, 0.1) is 6.92 Å². The van der Waals surface area contributed by atoms with Crippen LogP contribution >= 0.6 is 0 Å². The van der Waals surface area contributed by atoms with Crippen molar-refractivity contribution in [2.24, 2.45) is 0 Å². The lowest BCUT2D eigenvalue weighted by Gasteiger charge is -2.18. The van der Waals surface area contributed by atoms with E-state index in [1.54, 1.807) is 12.3 Å². The van der Waals surface area contributed by atoms with E-state index < -0.39 is 5.60 Å². The van der Waals surface area contributed by atoms with Gasteiger partial charge in [0.05, 0.1) is 5.69 Å². The Hall–Kier alpha value is -3.40. The summed E-state index contributed by atoms with van der Waals surface area (Å²) in [5, 5.41) is 4.39. The van der Waals surface area contributed by atoms with Crippen molar-refractivity contribution in [1.82, 2.24) is 9.78 Å². The molecule has 29 heavy (non-hydrogen) atoms. The van der Waals surface area contributed by atoms with Gasteiger partial charge in [-0.25, -0.2) is 9.48 Å². The van der Waals surface area contributed by atoms with Gasteiger partial charge in [0.2, 0.25) is 0 Å². The Labute approximate surface area is 172 Å². The molecular formula is C25H26N2O2. The number of nitrogens with zero attached hydrogens (tertiary/aromatic N) is 2. The second kappa shape index (κ2) is 8.74. The number of hydrogen-bond donors (Lipinski definition) is 0. The summed E-state index contributed by atoms with van der Waals surface area (Å²) >= 11 is 0. The van der Waals surface area contributed by atoms with Crippen LogP contribution in [-0.2, 0) is 9.53 Å². The van der Waals surface area contributed by atoms with Gasteiger partial charge in [0.25, 0.3) is 0 Å². The number of rotatable bonds is 5. The van der Waals surface area contributed by atoms with Crippen LogP contribution in [-0.4, -0.2) is 21.4 Å². The Morgan fingerprint density at radius 1 is 0.966 bits per heavy atom. The third kappa shape index (κ3) is 5.79. The summed E-state index contributed by atoms with van der Waals surface area (Å²) in [5.41, 5.74) is 4.61. The number of aryl methyl sites for hydroxylation is 1. The number of ether oxygens (including phenoxy) is 1. The Morgan fingerprint density at radius 3 is 2.28 bits per heavy atom. The van der Waals surface area contributed by atoms with Gasteiger partial charge in [0.15, 0.2) is 0 Å². The molecule has 0 aliphatic heterocycles. The summed E-state index contributed by atoms with van der Waals surface area (Å²) in [5.74, 6) is -0.371. The second-order valence-electron chi connectivity index (χ2n) is 7.85. The van der Waals surface area contributed by atoms with E-state index in [0.717, 1.165) is 22.4 Å². The molecule has 0 saturated heterocycles. The molecule has 1 heterocycles. The Morgan fingerprint density at radius 2 is 1.66 bits per heavy atom. The second-order valence-corrected chi connectivity index (χ2v) is 7.85. The SMILES string of the molecule is Cc1ccc(/C=C/c2cccc(/C=C/C(=O)OC(C)(C)C)c2-n2cccn2)cc1. The smallest absolute Gasteiger partial charge is 0.331 e. The van der Waals surface area contributed by atoms with Crippen molar-refractivity contribution in [2.75, 3.05) is 0 Å². The van der Waals surface area contributed by atoms with Crippen LogP contribution < -0.4 is 0 Å². The maximum atomic E-state index is 12.1. The number of hydrogen-bond acceptors (Lipinski definition) is 3. The van der Waals surface area contributed by atoms with Crippen molar-refractivity contribution in [2.45, 2.75) is 33.3 Å². The molecule has 0 unspecified atom stereocenters. The van der Waals surface area contributed by atoms with E-state index in [1.165, 1.54) is 11.6 Å².